The van der Waals surface area contributed by atoms with Crippen molar-refractivity contribution in [1.82, 2.24) is 15.1 Å². The zero-order chi connectivity index (χ0) is 15.0. The fourth-order valence-electron chi connectivity index (χ4n) is 2.20. The lowest BCUT2D eigenvalue weighted by molar-refractivity contribution is 0.233. The van der Waals surface area contributed by atoms with Crippen LogP contribution >= 0.6 is 15.9 Å². The number of hydrogen-bond donors (Lipinski definition) is 1. The first kappa shape index (κ1) is 17.6. The molecule has 0 aliphatic carbocycles. The van der Waals surface area contributed by atoms with Crippen molar-refractivity contribution in [2.24, 2.45) is 0 Å². The fourth-order valence-corrected chi connectivity index (χ4v) is 2.75. The summed E-state index contributed by atoms with van der Waals surface area (Å²) in [5.41, 5.74) is 2.69. The van der Waals surface area contributed by atoms with Gasteiger partial charge in [0.15, 0.2) is 0 Å². The summed E-state index contributed by atoms with van der Waals surface area (Å²) in [6.07, 6.45) is 1.20. The van der Waals surface area contributed by atoms with E-state index in [4.69, 9.17) is 0 Å². The molecule has 3 nitrogen and oxygen atoms in total. The number of likely N-dealkylation sites (N-methyl/N-ethyl adjacent to an activating group) is 1. The Morgan fingerprint density at radius 1 is 1.15 bits per heavy atom. The Hall–Kier alpha value is -0.420. The Labute approximate surface area is 132 Å². The minimum Gasteiger partial charge on any atom is -0.316 e. The van der Waals surface area contributed by atoms with Crippen LogP contribution in [0.15, 0.2) is 22.7 Å². The van der Waals surface area contributed by atoms with E-state index in [2.05, 4.69) is 70.3 Å². The third kappa shape index (κ3) is 6.35. The standard InChI is InChI=1S/C16H28BrN3/c1-5-8-20(10-9-19(3)4)13-15-7-6-14(12-18-2)11-16(15)17/h6-7,11,18H,5,8-10,12-13H2,1-4H3. The van der Waals surface area contributed by atoms with Crippen LogP contribution in [0.25, 0.3) is 0 Å². The molecule has 4 heteroatoms. The zero-order valence-electron chi connectivity index (χ0n) is 13.2. The van der Waals surface area contributed by atoms with Crippen molar-refractivity contribution >= 4 is 15.9 Å². The molecule has 0 atom stereocenters. The first-order valence-electron chi connectivity index (χ1n) is 7.35. The molecule has 0 saturated carbocycles. The molecule has 114 valence electrons. The van der Waals surface area contributed by atoms with Gasteiger partial charge in [-0.3, -0.25) is 4.90 Å². The van der Waals surface area contributed by atoms with Crippen molar-refractivity contribution in [3.05, 3.63) is 33.8 Å². The van der Waals surface area contributed by atoms with Gasteiger partial charge < -0.3 is 10.2 Å². The number of halogens is 1. The largest absolute Gasteiger partial charge is 0.316 e. The van der Waals surface area contributed by atoms with Gasteiger partial charge in [-0.1, -0.05) is 35.0 Å². The highest BCUT2D eigenvalue weighted by atomic mass is 79.9. The molecule has 1 aromatic carbocycles. The summed E-state index contributed by atoms with van der Waals surface area (Å²) >= 11 is 3.71. The zero-order valence-corrected chi connectivity index (χ0v) is 14.8. The SMILES string of the molecule is CCCN(CCN(C)C)Cc1ccc(CNC)cc1Br. The van der Waals surface area contributed by atoms with E-state index >= 15 is 0 Å². The van der Waals surface area contributed by atoms with E-state index in [0.717, 1.165) is 32.7 Å². The van der Waals surface area contributed by atoms with Gasteiger partial charge in [0.25, 0.3) is 0 Å². The Kier molecular flexibility index (Phi) is 8.38. The second kappa shape index (κ2) is 9.50. The van der Waals surface area contributed by atoms with Gasteiger partial charge in [-0.2, -0.15) is 0 Å². The van der Waals surface area contributed by atoms with Crippen LogP contribution in [-0.4, -0.2) is 50.6 Å². The van der Waals surface area contributed by atoms with Crippen molar-refractivity contribution in [2.75, 3.05) is 40.8 Å². The maximum atomic E-state index is 3.71. The molecule has 1 aromatic rings. The molecule has 0 unspecified atom stereocenters. The molecule has 0 bridgehead atoms. The van der Waals surface area contributed by atoms with E-state index in [0.29, 0.717) is 0 Å². The van der Waals surface area contributed by atoms with Gasteiger partial charge >= 0.3 is 0 Å². The molecule has 20 heavy (non-hydrogen) atoms. The molecule has 0 aliphatic rings. The van der Waals surface area contributed by atoms with Crippen LogP contribution in [0.4, 0.5) is 0 Å². The van der Waals surface area contributed by atoms with Gasteiger partial charge in [0.2, 0.25) is 0 Å². The highest BCUT2D eigenvalue weighted by molar-refractivity contribution is 9.10. The average molecular weight is 342 g/mol. The monoisotopic (exact) mass is 341 g/mol. The van der Waals surface area contributed by atoms with Crippen molar-refractivity contribution < 1.29 is 0 Å². The summed E-state index contributed by atoms with van der Waals surface area (Å²) in [4.78, 5) is 4.77. The molecule has 0 spiro atoms. The van der Waals surface area contributed by atoms with E-state index in [1.165, 1.54) is 22.0 Å². The fraction of sp³-hybridized carbons (Fsp3) is 0.625. The molecule has 1 N–H and O–H groups in total. The van der Waals surface area contributed by atoms with Crippen LogP contribution in [0.1, 0.15) is 24.5 Å². The molecule has 0 aromatic heterocycles. The van der Waals surface area contributed by atoms with Crippen LogP contribution in [-0.2, 0) is 13.1 Å². The third-order valence-electron chi connectivity index (χ3n) is 3.30. The van der Waals surface area contributed by atoms with E-state index in [-0.39, 0.29) is 0 Å². The molecule has 1 rings (SSSR count). The Bertz CT molecular complexity index is 393. The Morgan fingerprint density at radius 2 is 1.90 bits per heavy atom. The van der Waals surface area contributed by atoms with Crippen molar-refractivity contribution in [3.63, 3.8) is 0 Å². The van der Waals surface area contributed by atoms with Crippen molar-refractivity contribution in [2.45, 2.75) is 26.4 Å². The van der Waals surface area contributed by atoms with Gasteiger partial charge in [-0.15, -0.1) is 0 Å². The molecule has 0 saturated heterocycles. The first-order valence-corrected chi connectivity index (χ1v) is 8.15. The van der Waals surface area contributed by atoms with E-state index in [1.54, 1.807) is 0 Å². The molecule has 0 heterocycles. The van der Waals surface area contributed by atoms with Gasteiger partial charge in [-0.25, -0.2) is 0 Å². The van der Waals surface area contributed by atoms with Gasteiger partial charge in [0.1, 0.15) is 0 Å². The summed E-state index contributed by atoms with van der Waals surface area (Å²) in [5, 5.41) is 3.19. The van der Waals surface area contributed by atoms with Crippen LogP contribution < -0.4 is 5.32 Å². The highest BCUT2D eigenvalue weighted by Crippen LogP contribution is 2.20. The quantitative estimate of drug-likeness (QED) is 0.744. The maximum Gasteiger partial charge on any atom is 0.0245 e. The van der Waals surface area contributed by atoms with Gasteiger partial charge in [-0.05, 0) is 51.3 Å². The summed E-state index contributed by atoms with van der Waals surface area (Å²) in [5.74, 6) is 0. The van der Waals surface area contributed by atoms with Crippen LogP contribution in [0, 0.1) is 0 Å². The van der Waals surface area contributed by atoms with Crippen LogP contribution in [0.2, 0.25) is 0 Å². The predicted octanol–water partition coefficient (Wildman–Crippen LogP) is 2.94. The van der Waals surface area contributed by atoms with E-state index < -0.39 is 0 Å². The lowest BCUT2D eigenvalue weighted by Gasteiger charge is -2.24. The minimum atomic E-state index is 0.915. The highest BCUT2D eigenvalue weighted by Gasteiger charge is 2.08. The number of benzene rings is 1. The molecule has 0 radical (unpaired) electrons. The lowest BCUT2D eigenvalue weighted by atomic mass is 10.1. The first-order chi connectivity index (χ1) is 9.56. The number of nitrogens with one attached hydrogen (secondary N) is 1. The van der Waals surface area contributed by atoms with Crippen molar-refractivity contribution in [3.8, 4) is 0 Å². The maximum absolute atomic E-state index is 3.71. The van der Waals surface area contributed by atoms with Crippen molar-refractivity contribution in [1.29, 1.82) is 0 Å². The molecule has 0 fully saturated rings. The number of hydrogen-bond acceptors (Lipinski definition) is 3. The normalized spacial score (nSPS) is 11.6. The summed E-state index contributed by atoms with van der Waals surface area (Å²) in [6, 6.07) is 6.68. The summed E-state index contributed by atoms with van der Waals surface area (Å²) < 4.78 is 1.22. The molecule has 0 aliphatic heterocycles. The number of rotatable bonds is 9. The second-order valence-corrected chi connectivity index (χ2v) is 6.39. The van der Waals surface area contributed by atoms with Crippen LogP contribution in [0.5, 0.6) is 0 Å². The lowest BCUT2D eigenvalue weighted by Crippen LogP contribution is -2.32. The Morgan fingerprint density at radius 3 is 2.45 bits per heavy atom. The average Bonchev–Trinajstić information content (AvgIpc) is 2.39. The second-order valence-electron chi connectivity index (χ2n) is 5.54. The number of nitrogens with zero attached hydrogens (tertiary/aromatic N) is 2. The molecule has 0 amide bonds. The van der Waals surface area contributed by atoms with Gasteiger partial charge in [0, 0.05) is 30.7 Å². The molecular weight excluding hydrogens is 314 g/mol. The van der Waals surface area contributed by atoms with Crippen LogP contribution in [0.3, 0.4) is 0 Å². The topological polar surface area (TPSA) is 18.5 Å². The summed E-state index contributed by atoms with van der Waals surface area (Å²) in [6.45, 7) is 7.55. The smallest absolute Gasteiger partial charge is 0.0245 e. The predicted molar refractivity (Wildman–Crippen MR) is 91.0 cm³/mol. The summed E-state index contributed by atoms with van der Waals surface area (Å²) in [7, 11) is 6.24. The molecular formula is C16H28BrN3. The third-order valence-corrected chi connectivity index (χ3v) is 4.03. The van der Waals surface area contributed by atoms with Gasteiger partial charge in [0.05, 0.1) is 0 Å². The van der Waals surface area contributed by atoms with E-state index in [1.807, 2.05) is 7.05 Å². The Balaban J connectivity index is 2.67. The minimum absolute atomic E-state index is 0.915. The van der Waals surface area contributed by atoms with E-state index in [9.17, 15) is 0 Å².